The van der Waals surface area contributed by atoms with Gasteiger partial charge in [0, 0.05) is 18.1 Å². The van der Waals surface area contributed by atoms with Crippen molar-refractivity contribution in [3.63, 3.8) is 0 Å². The molecule has 33 heavy (non-hydrogen) atoms. The molecule has 6 nitrogen and oxygen atoms in total. The van der Waals surface area contributed by atoms with Crippen molar-refractivity contribution in [3.8, 4) is 5.69 Å². The Bertz CT molecular complexity index is 1130. The first kappa shape index (κ1) is 23.4. The number of benzene rings is 2. The summed E-state index contributed by atoms with van der Waals surface area (Å²) in [4.78, 5) is 17.2. The fourth-order valence-corrected chi connectivity index (χ4v) is 4.60. The summed E-state index contributed by atoms with van der Waals surface area (Å²) in [7, 11) is 0. The number of rotatable bonds is 6. The topological polar surface area (TPSA) is 76.4 Å². The van der Waals surface area contributed by atoms with Crippen LogP contribution in [0.15, 0.2) is 60.9 Å². The van der Waals surface area contributed by atoms with Crippen LogP contribution in [0.25, 0.3) is 5.69 Å². The van der Waals surface area contributed by atoms with Crippen LogP contribution in [0.3, 0.4) is 0 Å². The van der Waals surface area contributed by atoms with Crippen molar-refractivity contribution in [2.24, 2.45) is 5.41 Å². The van der Waals surface area contributed by atoms with Gasteiger partial charge in [-0.15, -0.1) is 0 Å². The minimum absolute atomic E-state index is 0.0206. The second-order valence-electron chi connectivity index (χ2n) is 8.15. The molecule has 1 saturated carbocycles. The van der Waals surface area contributed by atoms with E-state index in [0.29, 0.717) is 31.0 Å². The third kappa shape index (κ3) is 4.05. The lowest BCUT2D eigenvalue weighted by Crippen LogP contribution is -2.47. The van der Waals surface area contributed by atoms with Gasteiger partial charge in [-0.2, -0.15) is 0 Å². The fraction of sp³-hybridized carbons (Fsp3) is 0.360. The fourth-order valence-electron chi connectivity index (χ4n) is 4.43. The number of ether oxygens (including phenoxy) is 1. The van der Waals surface area contributed by atoms with Gasteiger partial charge in [-0.25, -0.2) is 9.37 Å². The molecule has 8 heteroatoms. The summed E-state index contributed by atoms with van der Waals surface area (Å²) in [6.07, 6.45) is 4.43. The normalized spacial score (nSPS) is 22.6. The quantitative estimate of drug-likeness (QED) is 0.551. The highest BCUT2D eigenvalue weighted by atomic mass is 35.5. The van der Waals surface area contributed by atoms with Gasteiger partial charge >= 0.3 is 0 Å². The highest BCUT2D eigenvalue weighted by Crippen LogP contribution is 2.62. The maximum absolute atomic E-state index is 13.6. The van der Waals surface area contributed by atoms with E-state index >= 15 is 0 Å². The van der Waals surface area contributed by atoms with Crippen LogP contribution in [0.5, 0.6) is 0 Å². The second kappa shape index (κ2) is 9.25. The Labute approximate surface area is 197 Å². The molecule has 1 spiro atoms. The molecule has 1 amide bonds. The van der Waals surface area contributed by atoms with Crippen molar-refractivity contribution < 1.29 is 19.0 Å². The Balaban J connectivity index is 0.00000126. The molecule has 0 bridgehead atoms. The number of hydrogen-bond donors (Lipinski definition) is 2. The number of imidazole rings is 1. The number of amides is 1. The Kier molecular flexibility index (Phi) is 6.56. The van der Waals surface area contributed by atoms with Gasteiger partial charge in [-0.05, 0) is 36.6 Å². The molecule has 2 heterocycles. The van der Waals surface area contributed by atoms with E-state index in [9.17, 15) is 14.3 Å². The Morgan fingerprint density at radius 1 is 1.24 bits per heavy atom. The number of carbonyl (C=O) groups excluding carboxylic acids is 1. The molecule has 2 aliphatic rings. The lowest BCUT2D eigenvalue weighted by atomic mass is 9.82. The van der Waals surface area contributed by atoms with E-state index in [0.717, 1.165) is 5.56 Å². The summed E-state index contributed by atoms with van der Waals surface area (Å²) in [5, 5.41) is 14.7. The zero-order valence-electron chi connectivity index (χ0n) is 18.6. The van der Waals surface area contributed by atoms with Crippen LogP contribution >= 0.6 is 11.6 Å². The molecule has 174 valence electrons. The molecule has 3 aromatic rings. The molecule has 1 aromatic heterocycles. The molecule has 2 atom stereocenters. The van der Waals surface area contributed by atoms with Gasteiger partial charge in [0.1, 0.15) is 23.3 Å². The lowest BCUT2D eigenvalue weighted by Gasteiger charge is -2.33. The van der Waals surface area contributed by atoms with Crippen molar-refractivity contribution >= 4 is 17.5 Å². The van der Waals surface area contributed by atoms with E-state index in [1.54, 1.807) is 23.0 Å². The number of nitrogens with one attached hydrogen (secondary N) is 1. The minimum atomic E-state index is -1.47. The SMILES string of the molecule is CC.O=C1N[C@H](c2nccn2-c2ccc(F)c(Cl)c2)[C@@](O)(COCc2ccccc2)C12CC2. The van der Waals surface area contributed by atoms with Gasteiger partial charge in [0.25, 0.3) is 0 Å². The summed E-state index contributed by atoms with van der Waals surface area (Å²) in [5.41, 5.74) is -0.790. The zero-order valence-corrected chi connectivity index (χ0v) is 19.3. The van der Waals surface area contributed by atoms with Gasteiger partial charge < -0.3 is 19.7 Å². The summed E-state index contributed by atoms with van der Waals surface area (Å²) in [6.45, 7) is 4.30. The maximum Gasteiger partial charge on any atom is 0.230 e. The largest absolute Gasteiger partial charge is 0.384 e. The summed E-state index contributed by atoms with van der Waals surface area (Å²) >= 11 is 5.96. The van der Waals surface area contributed by atoms with Gasteiger partial charge in [0.2, 0.25) is 5.91 Å². The molecular weight excluding hydrogens is 445 g/mol. The molecule has 5 rings (SSSR count). The first-order valence-electron chi connectivity index (χ1n) is 11.1. The van der Waals surface area contributed by atoms with Crippen LogP contribution < -0.4 is 5.32 Å². The maximum atomic E-state index is 13.6. The van der Waals surface area contributed by atoms with Crippen LogP contribution in [0.2, 0.25) is 5.02 Å². The molecule has 0 radical (unpaired) electrons. The Hall–Kier alpha value is -2.74. The van der Waals surface area contributed by atoms with E-state index in [2.05, 4.69) is 10.3 Å². The van der Waals surface area contributed by atoms with Crippen LogP contribution in [-0.4, -0.2) is 32.8 Å². The predicted octanol–water partition coefficient (Wildman–Crippen LogP) is 4.59. The predicted molar refractivity (Wildman–Crippen MR) is 123 cm³/mol. The van der Waals surface area contributed by atoms with Crippen molar-refractivity contribution in [3.05, 3.63) is 83.2 Å². The second-order valence-corrected chi connectivity index (χ2v) is 8.55. The number of aliphatic hydroxyl groups is 1. The van der Waals surface area contributed by atoms with E-state index in [4.69, 9.17) is 16.3 Å². The van der Waals surface area contributed by atoms with Crippen LogP contribution in [0.1, 0.15) is 44.1 Å². The summed E-state index contributed by atoms with van der Waals surface area (Å²) < 4.78 is 21.2. The molecule has 0 unspecified atom stereocenters. The number of halogens is 2. The zero-order chi connectivity index (χ0) is 23.6. The highest BCUT2D eigenvalue weighted by molar-refractivity contribution is 6.30. The van der Waals surface area contributed by atoms with Gasteiger partial charge in [-0.3, -0.25) is 4.79 Å². The molecule has 2 fully saturated rings. The summed E-state index contributed by atoms with van der Waals surface area (Å²) in [5.74, 6) is -0.287. The molecule has 1 aliphatic carbocycles. The van der Waals surface area contributed by atoms with Gasteiger partial charge in [0.05, 0.1) is 23.7 Å². The molecule has 2 N–H and O–H groups in total. The number of carbonyl (C=O) groups is 1. The number of nitrogens with zero attached hydrogens (tertiary/aromatic N) is 2. The lowest BCUT2D eigenvalue weighted by molar-refractivity contribution is -0.133. The van der Waals surface area contributed by atoms with E-state index in [1.807, 2.05) is 44.2 Å². The molecule has 2 aromatic carbocycles. The van der Waals surface area contributed by atoms with Crippen molar-refractivity contribution in [2.45, 2.75) is 44.9 Å². The number of hydrogen-bond acceptors (Lipinski definition) is 4. The van der Waals surface area contributed by atoms with Crippen molar-refractivity contribution in [2.75, 3.05) is 6.61 Å². The van der Waals surface area contributed by atoms with E-state index in [1.165, 1.54) is 12.1 Å². The van der Waals surface area contributed by atoms with E-state index < -0.39 is 22.9 Å². The van der Waals surface area contributed by atoms with Crippen LogP contribution in [-0.2, 0) is 16.1 Å². The standard InChI is InChI=1S/C23H21ClFN3O3.C2H6/c24-17-12-16(6-7-18(17)25)28-11-10-26-20(28)19-23(30,22(8-9-22)21(29)27-19)14-31-13-15-4-2-1-3-5-15;1-2/h1-7,10-12,19,30H,8-9,13-14H2,(H,27,29);1-2H3/t19-,23+;/m1./s1. The van der Waals surface area contributed by atoms with Crippen molar-refractivity contribution in [1.29, 1.82) is 0 Å². The first-order chi connectivity index (χ1) is 15.9. The molecular formula is C25H27ClFN3O3. The summed E-state index contributed by atoms with van der Waals surface area (Å²) in [6, 6.07) is 13.2. The molecule has 1 aliphatic heterocycles. The van der Waals surface area contributed by atoms with Gasteiger partial charge in [0.15, 0.2) is 0 Å². The van der Waals surface area contributed by atoms with Crippen LogP contribution in [0, 0.1) is 11.2 Å². The third-order valence-corrected chi connectivity index (χ3v) is 6.60. The van der Waals surface area contributed by atoms with Crippen molar-refractivity contribution in [1.82, 2.24) is 14.9 Å². The first-order valence-corrected chi connectivity index (χ1v) is 11.5. The van der Waals surface area contributed by atoms with E-state index in [-0.39, 0.29) is 17.5 Å². The minimum Gasteiger partial charge on any atom is -0.384 e. The van der Waals surface area contributed by atoms with Crippen LogP contribution in [0.4, 0.5) is 4.39 Å². The third-order valence-electron chi connectivity index (χ3n) is 6.31. The average molecular weight is 472 g/mol. The molecule has 1 saturated heterocycles. The Morgan fingerprint density at radius 3 is 2.64 bits per heavy atom. The average Bonchev–Trinajstić information content (AvgIpc) is 3.47. The number of aromatic nitrogens is 2. The monoisotopic (exact) mass is 471 g/mol. The van der Waals surface area contributed by atoms with Gasteiger partial charge in [-0.1, -0.05) is 55.8 Å². The smallest absolute Gasteiger partial charge is 0.230 e. The Morgan fingerprint density at radius 2 is 1.97 bits per heavy atom. The highest BCUT2D eigenvalue weighted by Gasteiger charge is 2.72.